The number of amides is 2. The Morgan fingerprint density at radius 3 is 2.95 bits per heavy atom. The Morgan fingerprint density at radius 1 is 1.41 bits per heavy atom. The third-order valence-electron chi connectivity index (χ3n) is 4.18. The zero-order valence-electron chi connectivity index (χ0n) is 14.1. The SMILES string of the molecule is CCCCN1CCn2nc(CNC(=O)NC(C)CC)cc2C1. The van der Waals surface area contributed by atoms with E-state index in [1.807, 2.05) is 6.92 Å². The molecular weight excluding hydrogens is 278 g/mol. The van der Waals surface area contributed by atoms with E-state index >= 15 is 0 Å². The standard InChI is InChI=1S/C16H29N5O/c1-4-6-7-20-8-9-21-15(12-20)10-14(19-21)11-17-16(22)18-13(3)5-2/h10,13H,4-9,11-12H2,1-3H3,(H2,17,18,22). The van der Waals surface area contributed by atoms with E-state index in [9.17, 15) is 4.79 Å². The highest BCUT2D eigenvalue weighted by molar-refractivity contribution is 5.74. The first kappa shape index (κ1) is 16.8. The average Bonchev–Trinajstić information content (AvgIpc) is 2.92. The highest BCUT2D eigenvalue weighted by atomic mass is 16.2. The number of hydrogen-bond acceptors (Lipinski definition) is 3. The van der Waals surface area contributed by atoms with Crippen LogP contribution in [0.5, 0.6) is 0 Å². The molecule has 2 heterocycles. The molecule has 0 saturated heterocycles. The van der Waals surface area contributed by atoms with Crippen molar-refractivity contribution in [3.05, 3.63) is 17.5 Å². The second kappa shape index (κ2) is 8.17. The molecule has 0 radical (unpaired) electrons. The van der Waals surface area contributed by atoms with Crippen LogP contribution in [-0.2, 0) is 19.6 Å². The molecule has 6 nitrogen and oxygen atoms in total. The van der Waals surface area contributed by atoms with Crippen molar-refractivity contribution in [2.45, 2.75) is 65.7 Å². The van der Waals surface area contributed by atoms with Crippen LogP contribution in [0.15, 0.2) is 6.07 Å². The zero-order chi connectivity index (χ0) is 15.9. The van der Waals surface area contributed by atoms with Crippen LogP contribution >= 0.6 is 0 Å². The number of unbranched alkanes of at least 4 members (excludes halogenated alkanes) is 1. The van der Waals surface area contributed by atoms with Crippen LogP contribution in [0, 0.1) is 0 Å². The van der Waals surface area contributed by atoms with Crippen molar-refractivity contribution in [1.82, 2.24) is 25.3 Å². The van der Waals surface area contributed by atoms with Gasteiger partial charge in [-0.05, 0) is 32.4 Å². The lowest BCUT2D eigenvalue weighted by Crippen LogP contribution is -2.40. The lowest BCUT2D eigenvalue weighted by molar-refractivity contribution is 0.210. The molecule has 1 unspecified atom stereocenters. The minimum absolute atomic E-state index is 0.120. The summed E-state index contributed by atoms with van der Waals surface area (Å²) in [6.45, 7) is 10.9. The first-order chi connectivity index (χ1) is 10.6. The Hall–Kier alpha value is -1.56. The smallest absolute Gasteiger partial charge is 0.315 e. The number of aromatic nitrogens is 2. The largest absolute Gasteiger partial charge is 0.336 e. The lowest BCUT2D eigenvalue weighted by Gasteiger charge is -2.27. The monoisotopic (exact) mass is 307 g/mol. The maximum absolute atomic E-state index is 11.7. The van der Waals surface area contributed by atoms with Crippen molar-refractivity contribution in [3.8, 4) is 0 Å². The Labute approximate surface area is 133 Å². The van der Waals surface area contributed by atoms with Gasteiger partial charge in [0.25, 0.3) is 0 Å². The van der Waals surface area contributed by atoms with Crippen LogP contribution in [0.4, 0.5) is 4.79 Å². The van der Waals surface area contributed by atoms with E-state index in [1.54, 1.807) is 0 Å². The summed E-state index contributed by atoms with van der Waals surface area (Å²) in [6.07, 6.45) is 3.41. The number of nitrogens with zero attached hydrogens (tertiary/aromatic N) is 3. The summed E-state index contributed by atoms with van der Waals surface area (Å²) in [5.41, 5.74) is 2.19. The molecule has 0 spiro atoms. The molecule has 0 saturated carbocycles. The van der Waals surface area contributed by atoms with Gasteiger partial charge >= 0.3 is 6.03 Å². The molecule has 0 aliphatic carbocycles. The fraction of sp³-hybridized carbons (Fsp3) is 0.750. The highest BCUT2D eigenvalue weighted by Gasteiger charge is 2.18. The molecule has 2 rings (SSSR count). The molecule has 1 aliphatic heterocycles. The van der Waals surface area contributed by atoms with E-state index in [4.69, 9.17) is 0 Å². The van der Waals surface area contributed by atoms with Crippen LogP contribution in [0.3, 0.4) is 0 Å². The van der Waals surface area contributed by atoms with E-state index in [1.165, 1.54) is 18.5 Å². The Morgan fingerprint density at radius 2 is 2.23 bits per heavy atom. The van der Waals surface area contributed by atoms with Gasteiger partial charge in [-0.3, -0.25) is 9.58 Å². The predicted molar refractivity (Wildman–Crippen MR) is 87.5 cm³/mol. The second-order valence-corrected chi connectivity index (χ2v) is 6.12. The maximum Gasteiger partial charge on any atom is 0.315 e. The highest BCUT2D eigenvalue weighted by Crippen LogP contribution is 2.14. The van der Waals surface area contributed by atoms with E-state index in [2.05, 4.69) is 45.2 Å². The van der Waals surface area contributed by atoms with Gasteiger partial charge in [0.1, 0.15) is 0 Å². The van der Waals surface area contributed by atoms with E-state index in [0.29, 0.717) is 6.54 Å². The summed E-state index contributed by atoms with van der Waals surface area (Å²) in [4.78, 5) is 14.2. The summed E-state index contributed by atoms with van der Waals surface area (Å²) in [5, 5.41) is 10.4. The number of fused-ring (bicyclic) bond motifs is 1. The van der Waals surface area contributed by atoms with Gasteiger partial charge in [-0.25, -0.2) is 4.79 Å². The van der Waals surface area contributed by atoms with E-state index in [0.717, 1.165) is 38.3 Å². The number of urea groups is 1. The van der Waals surface area contributed by atoms with E-state index in [-0.39, 0.29) is 12.1 Å². The van der Waals surface area contributed by atoms with Crippen molar-refractivity contribution in [3.63, 3.8) is 0 Å². The Balaban J connectivity index is 1.82. The number of rotatable bonds is 7. The molecular formula is C16H29N5O. The first-order valence-corrected chi connectivity index (χ1v) is 8.44. The average molecular weight is 307 g/mol. The van der Waals surface area contributed by atoms with Crippen LogP contribution in [-0.4, -0.2) is 39.8 Å². The second-order valence-electron chi connectivity index (χ2n) is 6.12. The number of hydrogen-bond donors (Lipinski definition) is 2. The van der Waals surface area contributed by atoms with Crippen LogP contribution in [0.25, 0.3) is 0 Å². The number of carbonyl (C=O) groups excluding carboxylic acids is 1. The van der Waals surface area contributed by atoms with Gasteiger partial charge in [0.15, 0.2) is 0 Å². The molecule has 1 aromatic rings. The Kier molecular flexibility index (Phi) is 6.24. The molecule has 2 N–H and O–H groups in total. The van der Waals surface area contributed by atoms with Crippen LogP contribution in [0.1, 0.15) is 51.4 Å². The van der Waals surface area contributed by atoms with Crippen LogP contribution in [0.2, 0.25) is 0 Å². The minimum atomic E-state index is -0.120. The van der Waals surface area contributed by atoms with Gasteiger partial charge in [-0.2, -0.15) is 5.10 Å². The van der Waals surface area contributed by atoms with E-state index < -0.39 is 0 Å². The predicted octanol–water partition coefficient (Wildman–Crippen LogP) is 2.10. The molecule has 124 valence electrons. The van der Waals surface area contributed by atoms with Gasteiger partial charge < -0.3 is 10.6 Å². The molecule has 1 aliphatic rings. The van der Waals surface area contributed by atoms with Crippen LogP contribution < -0.4 is 10.6 Å². The lowest BCUT2D eigenvalue weighted by atomic mass is 10.2. The molecule has 0 bridgehead atoms. The summed E-state index contributed by atoms with van der Waals surface area (Å²) < 4.78 is 2.08. The Bertz CT molecular complexity index is 485. The summed E-state index contributed by atoms with van der Waals surface area (Å²) >= 11 is 0. The minimum Gasteiger partial charge on any atom is -0.336 e. The van der Waals surface area contributed by atoms with Crippen molar-refractivity contribution in [2.75, 3.05) is 13.1 Å². The normalized spacial score (nSPS) is 16.1. The van der Waals surface area contributed by atoms with Gasteiger partial charge in [-0.1, -0.05) is 20.3 Å². The van der Waals surface area contributed by atoms with Gasteiger partial charge in [0.2, 0.25) is 0 Å². The maximum atomic E-state index is 11.7. The molecule has 2 amide bonds. The molecule has 1 atom stereocenters. The van der Waals surface area contributed by atoms with Crippen molar-refractivity contribution in [1.29, 1.82) is 0 Å². The van der Waals surface area contributed by atoms with Crippen molar-refractivity contribution >= 4 is 6.03 Å². The van der Waals surface area contributed by atoms with Gasteiger partial charge in [0, 0.05) is 19.1 Å². The molecule has 6 heteroatoms. The first-order valence-electron chi connectivity index (χ1n) is 8.44. The molecule has 22 heavy (non-hydrogen) atoms. The third-order valence-corrected chi connectivity index (χ3v) is 4.18. The number of nitrogens with one attached hydrogen (secondary N) is 2. The zero-order valence-corrected chi connectivity index (χ0v) is 14.1. The van der Waals surface area contributed by atoms with Crippen molar-refractivity contribution < 1.29 is 4.79 Å². The molecule has 0 fully saturated rings. The fourth-order valence-corrected chi connectivity index (χ4v) is 2.59. The topological polar surface area (TPSA) is 62.2 Å². The molecule has 0 aromatic carbocycles. The van der Waals surface area contributed by atoms with Gasteiger partial charge in [-0.15, -0.1) is 0 Å². The molecule has 1 aromatic heterocycles. The fourth-order valence-electron chi connectivity index (χ4n) is 2.59. The van der Waals surface area contributed by atoms with Crippen molar-refractivity contribution in [2.24, 2.45) is 0 Å². The summed E-state index contributed by atoms with van der Waals surface area (Å²) in [6, 6.07) is 2.19. The van der Waals surface area contributed by atoms with Gasteiger partial charge in [0.05, 0.1) is 24.5 Å². The quantitative estimate of drug-likeness (QED) is 0.811. The summed E-state index contributed by atoms with van der Waals surface area (Å²) in [5.74, 6) is 0. The third kappa shape index (κ3) is 4.73. The summed E-state index contributed by atoms with van der Waals surface area (Å²) in [7, 11) is 0. The number of carbonyl (C=O) groups is 1.